The molecule has 1 rings (SSSR count). The van der Waals surface area contributed by atoms with Gasteiger partial charge in [0.05, 0.1) is 12.1 Å². The van der Waals surface area contributed by atoms with Crippen LogP contribution in [0.4, 0.5) is 0 Å². The first-order valence-electron chi connectivity index (χ1n) is 5.27. The first-order valence-corrected chi connectivity index (χ1v) is 5.27. The molecule has 0 aliphatic rings. The summed E-state index contributed by atoms with van der Waals surface area (Å²) in [5.41, 5.74) is 0. The van der Waals surface area contributed by atoms with Gasteiger partial charge < -0.3 is 15.0 Å². The number of carbonyl (C=O) groups excluding carboxylic acids is 1. The van der Waals surface area contributed by atoms with Gasteiger partial charge in [-0.15, -0.1) is 0 Å². The van der Waals surface area contributed by atoms with E-state index in [9.17, 15) is 4.79 Å². The molecule has 0 unspecified atom stereocenters. The Kier molecular flexibility index (Phi) is 5.11. The number of rotatable bonds is 7. The molecule has 0 atom stereocenters. The van der Waals surface area contributed by atoms with Gasteiger partial charge in [-0.1, -0.05) is 6.58 Å². The number of allylic oxidation sites excluding steroid dienone is 1. The first-order chi connectivity index (χ1) is 7.68. The Morgan fingerprint density at radius 2 is 2.31 bits per heavy atom. The second-order valence-electron chi connectivity index (χ2n) is 3.57. The zero-order valence-corrected chi connectivity index (χ0v) is 9.22. The molecule has 0 aliphatic carbocycles. The molecule has 5 heteroatoms. The summed E-state index contributed by atoms with van der Waals surface area (Å²) in [6.45, 7) is 4.67. The van der Waals surface area contributed by atoms with Crippen LogP contribution in [0, 0.1) is 0 Å². The predicted molar refractivity (Wildman–Crippen MR) is 60.9 cm³/mol. The average Bonchev–Trinajstić information content (AvgIpc) is 2.70. The Hall–Kier alpha value is -1.78. The minimum absolute atomic E-state index is 0.00126. The van der Waals surface area contributed by atoms with Gasteiger partial charge in [0.1, 0.15) is 0 Å². The molecule has 0 radical (unpaired) electrons. The molecule has 1 aromatic rings. The number of nitrogens with zero attached hydrogens (tertiary/aromatic N) is 2. The standard InChI is InChI=1S/C11H17N3O2/c1-10(15)3-2-4-11(16)13-6-8-14-7-5-12-9-14/h5,7,9,15H,1-4,6,8H2,(H,13,16). The van der Waals surface area contributed by atoms with Crippen LogP contribution in [0.3, 0.4) is 0 Å². The third kappa shape index (κ3) is 5.19. The Bertz CT molecular complexity index is 333. The smallest absolute Gasteiger partial charge is 0.220 e. The number of hydrogen-bond acceptors (Lipinski definition) is 3. The third-order valence-electron chi connectivity index (χ3n) is 2.12. The predicted octanol–water partition coefficient (Wildman–Crippen LogP) is 1.24. The highest BCUT2D eigenvalue weighted by Crippen LogP contribution is 2.00. The average molecular weight is 223 g/mol. The largest absolute Gasteiger partial charge is 0.513 e. The van der Waals surface area contributed by atoms with Gasteiger partial charge in [-0.2, -0.15) is 0 Å². The maximum Gasteiger partial charge on any atom is 0.220 e. The lowest BCUT2D eigenvalue weighted by molar-refractivity contribution is -0.121. The molecular weight excluding hydrogens is 206 g/mol. The van der Waals surface area contributed by atoms with Gasteiger partial charge in [0, 0.05) is 38.3 Å². The van der Waals surface area contributed by atoms with E-state index in [4.69, 9.17) is 5.11 Å². The van der Waals surface area contributed by atoms with Crippen molar-refractivity contribution in [2.75, 3.05) is 6.54 Å². The van der Waals surface area contributed by atoms with Crippen LogP contribution in [0.2, 0.25) is 0 Å². The Balaban J connectivity index is 2.04. The number of aromatic nitrogens is 2. The van der Waals surface area contributed by atoms with Crippen molar-refractivity contribution in [2.45, 2.75) is 25.8 Å². The molecule has 0 aromatic carbocycles. The summed E-state index contributed by atoms with van der Waals surface area (Å²) >= 11 is 0. The highest BCUT2D eigenvalue weighted by molar-refractivity contribution is 5.75. The van der Waals surface area contributed by atoms with Gasteiger partial charge in [0.2, 0.25) is 5.91 Å². The van der Waals surface area contributed by atoms with Crippen LogP contribution in [0.5, 0.6) is 0 Å². The van der Waals surface area contributed by atoms with Gasteiger partial charge in [-0.05, 0) is 6.42 Å². The second-order valence-corrected chi connectivity index (χ2v) is 3.57. The van der Waals surface area contributed by atoms with Crippen LogP contribution in [0.1, 0.15) is 19.3 Å². The lowest BCUT2D eigenvalue weighted by Crippen LogP contribution is -2.26. The summed E-state index contributed by atoms with van der Waals surface area (Å²) in [5.74, 6) is 0.132. The van der Waals surface area contributed by atoms with E-state index in [-0.39, 0.29) is 11.7 Å². The molecule has 1 aromatic heterocycles. The quantitative estimate of drug-likeness (QED) is 0.683. The Morgan fingerprint density at radius 1 is 1.50 bits per heavy atom. The maximum atomic E-state index is 11.3. The first kappa shape index (κ1) is 12.3. The SMILES string of the molecule is C=C(O)CCCC(=O)NCCn1ccnc1. The van der Waals surface area contributed by atoms with Gasteiger partial charge in [-0.25, -0.2) is 4.98 Å². The van der Waals surface area contributed by atoms with E-state index in [1.165, 1.54) is 0 Å². The number of imidazole rings is 1. The molecule has 0 saturated heterocycles. The fourth-order valence-electron chi connectivity index (χ4n) is 1.28. The number of hydrogen-bond donors (Lipinski definition) is 2. The number of aliphatic hydroxyl groups is 1. The highest BCUT2D eigenvalue weighted by atomic mass is 16.3. The molecule has 0 saturated carbocycles. The van der Waals surface area contributed by atoms with Gasteiger partial charge in [0.25, 0.3) is 0 Å². The van der Waals surface area contributed by atoms with Crippen molar-refractivity contribution in [1.82, 2.24) is 14.9 Å². The lowest BCUT2D eigenvalue weighted by atomic mass is 10.2. The van der Waals surface area contributed by atoms with E-state index in [1.807, 2.05) is 10.8 Å². The molecule has 0 bridgehead atoms. The molecule has 16 heavy (non-hydrogen) atoms. The zero-order chi connectivity index (χ0) is 11.8. The number of nitrogens with one attached hydrogen (secondary N) is 1. The normalized spacial score (nSPS) is 10.0. The number of carbonyl (C=O) groups is 1. The molecule has 2 N–H and O–H groups in total. The van der Waals surface area contributed by atoms with Crippen LogP contribution >= 0.6 is 0 Å². The van der Waals surface area contributed by atoms with Crippen molar-refractivity contribution in [1.29, 1.82) is 0 Å². The fraction of sp³-hybridized carbons (Fsp3) is 0.455. The molecule has 1 amide bonds. The van der Waals surface area contributed by atoms with Crippen LogP contribution in [0.25, 0.3) is 0 Å². The molecule has 0 fully saturated rings. The van der Waals surface area contributed by atoms with Crippen molar-refractivity contribution >= 4 is 5.91 Å². The summed E-state index contributed by atoms with van der Waals surface area (Å²) in [6, 6.07) is 0. The topological polar surface area (TPSA) is 67.2 Å². The van der Waals surface area contributed by atoms with Crippen molar-refractivity contribution in [2.24, 2.45) is 0 Å². The van der Waals surface area contributed by atoms with Crippen LogP contribution in [0.15, 0.2) is 31.1 Å². The van der Waals surface area contributed by atoms with Crippen molar-refractivity contribution in [3.8, 4) is 0 Å². The van der Waals surface area contributed by atoms with Gasteiger partial charge in [0.15, 0.2) is 0 Å². The van der Waals surface area contributed by atoms with E-state index in [1.54, 1.807) is 12.5 Å². The van der Waals surface area contributed by atoms with Crippen molar-refractivity contribution in [3.05, 3.63) is 31.1 Å². The second kappa shape index (κ2) is 6.66. The summed E-state index contributed by atoms with van der Waals surface area (Å²) in [7, 11) is 0. The van der Waals surface area contributed by atoms with Gasteiger partial charge in [-0.3, -0.25) is 4.79 Å². The van der Waals surface area contributed by atoms with Crippen LogP contribution in [-0.2, 0) is 11.3 Å². The van der Waals surface area contributed by atoms with E-state index in [0.29, 0.717) is 25.8 Å². The van der Waals surface area contributed by atoms with Gasteiger partial charge >= 0.3 is 0 Å². The third-order valence-corrected chi connectivity index (χ3v) is 2.12. The fourth-order valence-corrected chi connectivity index (χ4v) is 1.28. The molecule has 0 spiro atoms. The van der Waals surface area contributed by atoms with Crippen molar-refractivity contribution in [3.63, 3.8) is 0 Å². The lowest BCUT2D eigenvalue weighted by Gasteiger charge is -2.05. The highest BCUT2D eigenvalue weighted by Gasteiger charge is 2.00. The van der Waals surface area contributed by atoms with E-state index in [2.05, 4.69) is 16.9 Å². The molecular formula is C11H17N3O2. The maximum absolute atomic E-state index is 11.3. The van der Waals surface area contributed by atoms with E-state index < -0.39 is 0 Å². The summed E-state index contributed by atoms with van der Waals surface area (Å²) < 4.78 is 1.90. The summed E-state index contributed by atoms with van der Waals surface area (Å²) in [6.07, 6.45) is 6.79. The van der Waals surface area contributed by atoms with E-state index in [0.717, 1.165) is 6.54 Å². The van der Waals surface area contributed by atoms with Crippen LogP contribution < -0.4 is 5.32 Å². The monoisotopic (exact) mass is 223 g/mol. The van der Waals surface area contributed by atoms with Crippen molar-refractivity contribution < 1.29 is 9.90 Å². The van der Waals surface area contributed by atoms with E-state index >= 15 is 0 Å². The number of amides is 1. The zero-order valence-electron chi connectivity index (χ0n) is 9.22. The Morgan fingerprint density at radius 3 is 2.94 bits per heavy atom. The molecule has 88 valence electrons. The minimum atomic E-state index is 0.00126. The number of aliphatic hydroxyl groups excluding tert-OH is 1. The summed E-state index contributed by atoms with van der Waals surface area (Å²) in [4.78, 5) is 15.2. The Labute approximate surface area is 94.8 Å². The summed E-state index contributed by atoms with van der Waals surface area (Å²) in [5, 5.41) is 11.6. The molecule has 5 nitrogen and oxygen atoms in total. The van der Waals surface area contributed by atoms with Crippen LogP contribution in [-0.4, -0.2) is 27.1 Å². The minimum Gasteiger partial charge on any atom is -0.513 e. The molecule has 1 heterocycles. The molecule has 0 aliphatic heterocycles.